The number of likely N-dealkylation sites (tertiary alicyclic amines) is 1. The van der Waals surface area contributed by atoms with Gasteiger partial charge in [0.1, 0.15) is 11.5 Å². The summed E-state index contributed by atoms with van der Waals surface area (Å²) in [6.07, 6.45) is 5.05. The number of hydrogen-bond donors (Lipinski definition) is 2. The van der Waals surface area contributed by atoms with Gasteiger partial charge in [-0.1, -0.05) is 0 Å². The second-order valence-electron chi connectivity index (χ2n) is 6.22. The highest BCUT2D eigenvalue weighted by atomic mass is 16.5. The van der Waals surface area contributed by atoms with Gasteiger partial charge < -0.3 is 19.7 Å². The van der Waals surface area contributed by atoms with Gasteiger partial charge in [0.15, 0.2) is 6.61 Å². The van der Waals surface area contributed by atoms with Gasteiger partial charge in [-0.15, -0.1) is 0 Å². The number of carbonyl (C=O) groups is 1. The highest BCUT2D eigenvalue weighted by molar-refractivity contribution is 5.77. The van der Waals surface area contributed by atoms with E-state index in [2.05, 4.69) is 12.2 Å². The summed E-state index contributed by atoms with van der Waals surface area (Å²) in [7, 11) is 1.62. The lowest BCUT2D eigenvalue weighted by Gasteiger charge is -2.30. The molecule has 1 aromatic carbocycles. The minimum atomic E-state index is -0.0671. The van der Waals surface area contributed by atoms with Crippen LogP contribution in [0.15, 0.2) is 24.3 Å². The average molecular weight is 321 g/mol. The Morgan fingerprint density at radius 2 is 2.00 bits per heavy atom. The SMILES string of the molecule is COc1ccc(OCC(=O)NCCC[NH+]2CCCC[C@H]2C)cc1. The van der Waals surface area contributed by atoms with Gasteiger partial charge in [-0.3, -0.25) is 4.79 Å². The third-order valence-electron chi connectivity index (χ3n) is 4.51. The summed E-state index contributed by atoms with van der Waals surface area (Å²) in [6, 6.07) is 7.99. The maximum Gasteiger partial charge on any atom is 0.257 e. The molecule has 1 saturated heterocycles. The smallest absolute Gasteiger partial charge is 0.257 e. The first kappa shape index (κ1) is 17.6. The third-order valence-corrected chi connectivity index (χ3v) is 4.51. The Bertz CT molecular complexity index is 476. The molecule has 1 heterocycles. The van der Waals surface area contributed by atoms with E-state index in [-0.39, 0.29) is 12.5 Å². The van der Waals surface area contributed by atoms with Gasteiger partial charge in [0.05, 0.1) is 26.2 Å². The predicted octanol–water partition coefficient (Wildman–Crippen LogP) is 1.04. The Balaban J connectivity index is 1.57. The van der Waals surface area contributed by atoms with Crippen molar-refractivity contribution >= 4 is 5.91 Å². The second kappa shape index (κ2) is 9.40. The molecule has 5 nitrogen and oxygen atoms in total. The van der Waals surface area contributed by atoms with E-state index in [0.717, 1.165) is 31.3 Å². The largest absolute Gasteiger partial charge is 0.497 e. The summed E-state index contributed by atoms with van der Waals surface area (Å²) in [4.78, 5) is 13.5. The monoisotopic (exact) mass is 321 g/mol. The molecule has 2 atom stereocenters. The van der Waals surface area contributed by atoms with Crippen LogP contribution in [0.5, 0.6) is 11.5 Å². The van der Waals surface area contributed by atoms with E-state index in [4.69, 9.17) is 9.47 Å². The molecule has 0 spiro atoms. The molecule has 0 aromatic heterocycles. The van der Waals surface area contributed by atoms with Crippen LogP contribution in [-0.4, -0.2) is 45.3 Å². The topological polar surface area (TPSA) is 52.0 Å². The van der Waals surface area contributed by atoms with Gasteiger partial charge in [0.25, 0.3) is 5.91 Å². The normalized spacial score (nSPS) is 20.8. The van der Waals surface area contributed by atoms with E-state index in [1.807, 2.05) is 12.1 Å². The summed E-state index contributed by atoms with van der Waals surface area (Å²) in [5, 5.41) is 2.93. The van der Waals surface area contributed by atoms with Crippen LogP contribution in [0.4, 0.5) is 0 Å². The van der Waals surface area contributed by atoms with Crippen molar-refractivity contribution in [1.29, 1.82) is 0 Å². The number of rotatable bonds is 8. The number of benzene rings is 1. The molecule has 23 heavy (non-hydrogen) atoms. The molecule has 0 saturated carbocycles. The summed E-state index contributed by atoms with van der Waals surface area (Å²) in [5.74, 6) is 1.38. The van der Waals surface area contributed by atoms with Crippen molar-refractivity contribution < 1.29 is 19.2 Å². The number of ether oxygens (including phenoxy) is 2. The van der Waals surface area contributed by atoms with Crippen molar-refractivity contribution in [3.63, 3.8) is 0 Å². The summed E-state index contributed by atoms with van der Waals surface area (Å²) in [6.45, 7) is 5.52. The predicted molar refractivity (Wildman–Crippen MR) is 90.1 cm³/mol. The van der Waals surface area contributed by atoms with Crippen molar-refractivity contribution in [2.75, 3.05) is 33.4 Å². The number of quaternary nitrogens is 1. The standard InChI is InChI=1S/C18H28N2O3/c1-15-6-3-4-12-20(15)13-5-11-19-18(21)14-23-17-9-7-16(22-2)8-10-17/h7-10,15H,3-6,11-14H2,1-2H3,(H,19,21)/p+1/t15-/m1/s1. The molecule has 0 bridgehead atoms. The molecule has 1 amide bonds. The summed E-state index contributed by atoms with van der Waals surface area (Å²) < 4.78 is 10.5. The zero-order valence-corrected chi connectivity index (χ0v) is 14.3. The molecule has 128 valence electrons. The Morgan fingerprint density at radius 3 is 2.70 bits per heavy atom. The Hall–Kier alpha value is -1.75. The van der Waals surface area contributed by atoms with Gasteiger partial charge >= 0.3 is 0 Å². The molecule has 1 aliphatic heterocycles. The van der Waals surface area contributed by atoms with E-state index in [1.165, 1.54) is 25.8 Å². The molecule has 1 fully saturated rings. The molecular weight excluding hydrogens is 292 g/mol. The molecule has 1 unspecified atom stereocenters. The molecule has 0 aliphatic carbocycles. The third kappa shape index (κ3) is 6.10. The zero-order chi connectivity index (χ0) is 16.5. The first-order valence-electron chi connectivity index (χ1n) is 8.57. The minimum Gasteiger partial charge on any atom is -0.497 e. The average Bonchev–Trinajstić information content (AvgIpc) is 2.59. The summed E-state index contributed by atoms with van der Waals surface area (Å²) in [5.41, 5.74) is 0. The van der Waals surface area contributed by atoms with Crippen molar-refractivity contribution in [2.45, 2.75) is 38.6 Å². The highest BCUT2D eigenvalue weighted by Gasteiger charge is 2.20. The first-order valence-corrected chi connectivity index (χ1v) is 8.57. The van der Waals surface area contributed by atoms with Crippen LogP contribution in [0.2, 0.25) is 0 Å². The van der Waals surface area contributed by atoms with Crippen LogP contribution in [-0.2, 0) is 4.79 Å². The van der Waals surface area contributed by atoms with Crippen molar-refractivity contribution in [2.24, 2.45) is 0 Å². The van der Waals surface area contributed by atoms with Crippen LogP contribution < -0.4 is 19.7 Å². The Kier molecular flexibility index (Phi) is 7.20. The van der Waals surface area contributed by atoms with Crippen LogP contribution >= 0.6 is 0 Å². The number of piperidine rings is 1. The van der Waals surface area contributed by atoms with Gasteiger partial charge in [0.2, 0.25) is 0 Å². The van der Waals surface area contributed by atoms with E-state index >= 15 is 0 Å². The Labute approximate surface area is 139 Å². The van der Waals surface area contributed by atoms with Gasteiger partial charge in [-0.05, 0) is 50.5 Å². The lowest BCUT2D eigenvalue weighted by Crippen LogP contribution is -3.16. The number of amides is 1. The van der Waals surface area contributed by atoms with Crippen molar-refractivity contribution in [3.05, 3.63) is 24.3 Å². The molecule has 2 N–H and O–H groups in total. The maximum atomic E-state index is 11.8. The fourth-order valence-electron chi connectivity index (χ4n) is 3.04. The number of carbonyl (C=O) groups excluding carboxylic acids is 1. The number of methoxy groups -OCH3 is 1. The van der Waals surface area contributed by atoms with E-state index in [9.17, 15) is 4.79 Å². The highest BCUT2D eigenvalue weighted by Crippen LogP contribution is 2.16. The molecule has 2 rings (SSSR count). The molecule has 1 aromatic rings. The maximum absolute atomic E-state index is 11.8. The van der Waals surface area contributed by atoms with Crippen LogP contribution in [0, 0.1) is 0 Å². The molecule has 1 aliphatic rings. The molecule has 5 heteroatoms. The quantitative estimate of drug-likeness (QED) is 0.704. The Morgan fingerprint density at radius 1 is 1.26 bits per heavy atom. The van der Waals surface area contributed by atoms with Crippen molar-refractivity contribution in [1.82, 2.24) is 5.32 Å². The van der Waals surface area contributed by atoms with Gasteiger partial charge in [-0.25, -0.2) is 0 Å². The molecule has 0 radical (unpaired) electrons. The van der Waals surface area contributed by atoms with E-state index in [0.29, 0.717) is 5.75 Å². The number of nitrogens with one attached hydrogen (secondary N) is 2. The first-order chi connectivity index (χ1) is 11.2. The summed E-state index contributed by atoms with van der Waals surface area (Å²) >= 11 is 0. The van der Waals surface area contributed by atoms with Crippen LogP contribution in [0.25, 0.3) is 0 Å². The van der Waals surface area contributed by atoms with Crippen LogP contribution in [0.1, 0.15) is 32.6 Å². The number of hydrogen-bond acceptors (Lipinski definition) is 3. The lowest BCUT2D eigenvalue weighted by molar-refractivity contribution is -0.928. The van der Waals surface area contributed by atoms with E-state index in [1.54, 1.807) is 24.1 Å². The minimum absolute atomic E-state index is 0.0549. The lowest BCUT2D eigenvalue weighted by atomic mass is 10.0. The van der Waals surface area contributed by atoms with Crippen LogP contribution in [0.3, 0.4) is 0 Å². The van der Waals surface area contributed by atoms with Crippen molar-refractivity contribution in [3.8, 4) is 11.5 Å². The second-order valence-corrected chi connectivity index (χ2v) is 6.22. The fourth-order valence-corrected chi connectivity index (χ4v) is 3.04. The van der Waals surface area contributed by atoms with Gasteiger partial charge in [-0.2, -0.15) is 0 Å². The fraction of sp³-hybridized carbons (Fsp3) is 0.611. The van der Waals surface area contributed by atoms with Gasteiger partial charge in [0, 0.05) is 13.0 Å². The van der Waals surface area contributed by atoms with E-state index < -0.39 is 0 Å². The zero-order valence-electron chi connectivity index (χ0n) is 14.3. The molecular formula is C18H29N2O3+.